The SMILES string of the molecule is Cc1cccc(OP(=S)(c2ccccc2)c2ccccc2)c1. The maximum atomic E-state index is 6.38. The van der Waals surface area contributed by atoms with Crippen LogP contribution in [0.2, 0.25) is 0 Å². The Morgan fingerprint density at radius 3 is 1.77 bits per heavy atom. The van der Waals surface area contributed by atoms with E-state index in [1.165, 1.54) is 5.56 Å². The highest BCUT2D eigenvalue weighted by molar-refractivity contribution is 8.19. The van der Waals surface area contributed by atoms with Crippen LogP contribution in [-0.2, 0) is 11.8 Å². The number of rotatable bonds is 4. The van der Waals surface area contributed by atoms with Crippen LogP contribution < -0.4 is 15.1 Å². The molecule has 0 fully saturated rings. The molecule has 0 heterocycles. The van der Waals surface area contributed by atoms with Crippen molar-refractivity contribution in [2.45, 2.75) is 6.92 Å². The van der Waals surface area contributed by atoms with Gasteiger partial charge in [-0.3, -0.25) is 0 Å². The fraction of sp³-hybridized carbons (Fsp3) is 0.0526. The monoisotopic (exact) mass is 324 g/mol. The lowest BCUT2D eigenvalue weighted by Crippen LogP contribution is -2.19. The molecule has 0 atom stereocenters. The summed E-state index contributed by atoms with van der Waals surface area (Å²) in [6, 6.07) is 28.4. The molecule has 0 unspecified atom stereocenters. The Labute approximate surface area is 136 Å². The minimum atomic E-state index is -2.33. The first-order valence-corrected chi connectivity index (χ1v) is 9.88. The average molecular weight is 324 g/mol. The molecule has 0 aliphatic carbocycles. The zero-order valence-electron chi connectivity index (χ0n) is 12.3. The molecule has 0 radical (unpaired) electrons. The minimum absolute atomic E-state index is 0.830. The van der Waals surface area contributed by atoms with Crippen molar-refractivity contribution in [1.29, 1.82) is 0 Å². The van der Waals surface area contributed by atoms with Gasteiger partial charge in [0.2, 0.25) is 0 Å². The van der Waals surface area contributed by atoms with Gasteiger partial charge in [-0.1, -0.05) is 72.8 Å². The Morgan fingerprint density at radius 2 is 1.27 bits per heavy atom. The summed E-state index contributed by atoms with van der Waals surface area (Å²) in [6.45, 7) is 2.06. The second-order valence-electron chi connectivity index (χ2n) is 5.13. The predicted octanol–water partition coefficient (Wildman–Crippen LogP) is 4.42. The third kappa shape index (κ3) is 3.14. The lowest BCUT2D eigenvalue weighted by atomic mass is 10.2. The molecule has 0 bridgehead atoms. The average Bonchev–Trinajstić information content (AvgIpc) is 2.56. The molecule has 0 saturated heterocycles. The van der Waals surface area contributed by atoms with Crippen molar-refractivity contribution in [3.8, 4) is 5.75 Å². The molecule has 1 nitrogen and oxygen atoms in total. The first-order chi connectivity index (χ1) is 10.7. The summed E-state index contributed by atoms with van der Waals surface area (Å²) in [5.41, 5.74) is 1.17. The third-order valence-electron chi connectivity index (χ3n) is 3.42. The first kappa shape index (κ1) is 15.0. The van der Waals surface area contributed by atoms with Gasteiger partial charge in [0, 0.05) is 10.6 Å². The van der Waals surface area contributed by atoms with Gasteiger partial charge in [0.05, 0.1) is 0 Å². The van der Waals surface area contributed by atoms with E-state index >= 15 is 0 Å². The third-order valence-corrected chi connectivity index (χ3v) is 7.33. The van der Waals surface area contributed by atoms with E-state index in [0.717, 1.165) is 16.4 Å². The van der Waals surface area contributed by atoms with Crippen molar-refractivity contribution in [3.05, 3.63) is 90.5 Å². The molecular weight excluding hydrogens is 307 g/mol. The quantitative estimate of drug-likeness (QED) is 0.657. The largest absolute Gasteiger partial charge is 0.458 e. The molecule has 0 aromatic heterocycles. The van der Waals surface area contributed by atoms with Crippen LogP contribution in [0.15, 0.2) is 84.9 Å². The molecule has 22 heavy (non-hydrogen) atoms. The van der Waals surface area contributed by atoms with Crippen LogP contribution >= 0.6 is 6.26 Å². The van der Waals surface area contributed by atoms with E-state index in [4.69, 9.17) is 16.3 Å². The predicted molar refractivity (Wildman–Crippen MR) is 98.2 cm³/mol. The van der Waals surface area contributed by atoms with Crippen LogP contribution in [0.1, 0.15) is 5.56 Å². The fourth-order valence-corrected chi connectivity index (χ4v) is 5.36. The second-order valence-corrected chi connectivity index (χ2v) is 8.99. The van der Waals surface area contributed by atoms with Crippen molar-refractivity contribution in [2.75, 3.05) is 0 Å². The second kappa shape index (κ2) is 6.48. The fourth-order valence-electron chi connectivity index (χ4n) is 2.32. The van der Waals surface area contributed by atoms with E-state index in [9.17, 15) is 0 Å². The summed E-state index contributed by atoms with van der Waals surface area (Å²) >= 11 is 6.05. The van der Waals surface area contributed by atoms with Crippen molar-refractivity contribution < 1.29 is 4.52 Å². The standard InChI is InChI=1S/C19H17OPS/c1-16-9-8-10-17(15-16)20-21(22,18-11-4-2-5-12-18)19-13-6-3-7-14-19/h2-15H,1H3. The van der Waals surface area contributed by atoms with E-state index < -0.39 is 6.26 Å². The number of hydrogen-bond donors (Lipinski definition) is 0. The van der Waals surface area contributed by atoms with E-state index in [-0.39, 0.29) is 0 Å². The van der Waals surface area contributed by atoms with Crippen molar-refractivity contribution >= 4 is 28.7 Å². The van der Waals surface area contributed by atoms with Gasteiger partial charge in [0.1, 0.15) is 5.75 Å². The summed E-state index contributed by atoms with van der Waals surface area (Å²) in [4.78, 5) is 0. The van der Waals surface area contributed by atoms with Crippen LogP contribution in [0, 0.1) is 6.92 Å². The maximum absolute atomic E-state index is 6.38. The summed E-state index contributed by atoms with van der Waals surface area (Å²) in [7, 11) is 0. The molecule has 0 spiro atoms. The highest BCUT2D eigenvalue weighted by atomic mass is 32.4. The summed E-state index contributed by atoms with van der Waals surface area (Å²) < 4.78 is 6.38. The van der Waals surface area contributed by atoms with Crippen LogP contribution in [0.3, 0.4) is 0 Å². The Balaban J connectivity index is 2.10. The van der Waals surface area contributed by atoms with Gasteiger partial charge in [-0.2, -0.15) is 0 Å². The summed E-state index contributed by atoms with van der Waals surface area (Å²) in [5, 5.41) is 2.13. The molecular formula is C19H17OPS. The lowest BCUT2D eigenvalue weighted by Gasteiger charge is -2.24. The van der Waals surface area contributed by atoms with Crippen LogP contribution in [0.4, 0.5) is 0 Å². The number of aryl methyl sites for hydroxylation is 1. The molecule has 3 heteroatoms. The molecule has 0 saturated carbocycles. The number of benzene rings is 3. The van der Waals surface area contributed by atoms with Gasteiger partial charge in [-0.15, -0.1) is 0 Å². The zero-order valence-corrected chi connectivity index (χ0v) is 14.1. The van der Waals surface area contributed by atoms with E-state index in [1.54, 1.807) is 0 Å². The van der Waals surface area contributed by atoms with Crippen LogP contribution in [0.25, 0.3) is 0 Å². The molecule has 110 valence electrons. The highest BCUT2D eigenvalue weighted by Gasteiger charge is 2.24. The van der Waals surface area contributed by atoms with Gasteiger partial charge in [-0.25, -0.2) is 0 Å². The van der Waals surface area contributed by atoms with Crippen molar-refractivity contribution in [2.24, 2.45) is 0 Å². The van der Waals surface area contributed by atoms with Gasteiger partial charge >= 0.3 is 0 Å². The van der Waals surface area contributed by atoms with E-state index in [2.05, 4.69) is 37.3 Å². The smallest absolute Gasteiger partial charge is 0.171 e. The Hall–Kier alpha value is -1.89. The maximum Gasteiger partial charge on any atom is 0.171 e. The minimum Gasteiger partial charge on any atom is -0.458 e. The number of hydrogen-bond acceptors (Lipinski definition) is 2. The topological polar surface area (TPSA) is 9.23 Å². The Bertz CT molecular complexity index is 756. The van der Waals surface area contributed by atoms with Crippen molar-refractivity contribution in [1.82, 2.24) is 0 Å². The summed E-state index contributed by atoms with van der Waals surface area (Å²) in [6.07, 6.45) is -2.33. The Morgan fingerprint density at radius 1 is 0.727 bits per heavy atom. The molecule has 3 rings (SSSR count). The molecule has 3 aromatic rings. The first-order valence-electron chi connectivity index (χ1n) is 7.16. The van der Waals surface area contributed by atoms with Gasteiger partial charge in [0.15, 0.2) is 6.26 Å². The zero-order chi connectivity index (χ0) is 15.4. The normalized spacial score (nSPS) is 11.1. The highest BCUT2D eigenvalue weighted by Crippen LogP contribution is 2.45. The molecule has 0 N–H and O–H groups in total. The Kier molecular flexibility index (Phi) is 4.42. The van der Waals surface area contributed by atoms with Crippen molar-refractivity contribution in [3.63, 3.8) is 0 Å². The molecule has 3 aromatic carbocycles. The lowest BCUT2D eigenvalue weighted by molar-refractivity contribution is 0.627. The van der Waals surface area contributed by atoms with Crippen LogP contribution in [0.5, 0.6) is 5.75 Å². The molecule has 0 amide bonds. The van der Waals surface area contributed by atoms with E-state index in [0.29, 0.717) is 0 Å². The molecule has 0 aliphatic heterocycles. The van der Waals surface area contributed by atoms with Gasteiger partial charge in [-0.05, 0) is 36.4 Å². The van der Waals surface area contributed by atoms with E-state index in [1.807, 2.05) is 54.6 Å². The van der Waals surface area contributed by atoms with Gasteiger partial charge in [0.25, 0.3) is 0 Å². The van der Waals surface area contributed by atoms with Gasteiger partial charge < -0.3 is 4.52 Å². The van der Waals surface area contributed by atoms with Crippen LogP contribution in [-0.4, -0.2) is 0 Å². The summed E-state index contributed by atoms with van der Waals surface area (Å²) in [5.74, 6) is 0.830. The molecule has 0 aliphatic rings.